The van der Waals surface area contributed by atoms with Gasteiger partial charge < -0.3 is 9.84 Å². The van der Waals surface area contributed by atoms with Gasteiger partial charge in [-0.25, -0.2) is 0 Å². The van der Waals surface area contributed by atoms with Gasteiger partial charge in [0, 0.05) is 12.1 Å². The van der Waals surface area contributed by atoms with Crippen LogP contribution in [-0.2, 0) is 0 Å². The van der Waals surface area contributed by atoms with Crippen LogP contribution < -0.4 is 4.74 Å². The van der Waals surface area contributed by atoms with E-state index in [1.165, 1.54) is 6.07 Å². The molecule has 2 rings (SSSR count). The summed E-state index contributed by atoms with van der Waals surface area (Å²) in [7, 11) is 0. The van der Waals surface area contributed by atoms with Gasteiger partial charge in [-0.15, -0.1) is 5.10 Å². The van der Waals surface area contributed by atoms with Crippen molar-refractivity contribution in [2.24, 2.45) is 0 Å². The molecule has 15 heavy (non-hydrogen) atoms. The van der Waals surface area contributed by atoms with Crippen molar-refractivity contribution >= 4 is 0 Å². The Morgan fingerprint density at radius 1 is 1.13 bits per heavy atom. The van der Waals surface area contributed by atoms with Crippen LogP contribution in [0.3, 0.4) is 0 Å². The molecule has 0 saturated carbocycles. The zero-order valence-electron chi connectivity index (χ0n) is 8.21. The van der Waals surface area contributed by atoms with Crippen LogP contribution in [0.1, 0.15) is 5.69 Å². The van der Waals surface area contributed by atoms with E-state index < -0.39 is 0 Å². The quantitative estimate of drug-likeness (QED) is 0.811. The summed E-state index contributed by atoms with van der Waals surface area (Å²) in [6, 6.07) is 10.1. The predicted octanol–water partition coefficient (Wildman–Crippen LogP) is 2.28. The molecule has 1 heterocycles. The first-order chi connectivity index (χ1) is 7.24. The second-order valence-electron chi connectivity index (χ2n) is 3.11. The number of aromatic hydroxyl groups is 1. The molecular formula is C11H10N2O2. The minimum absolute atomic E-state index is 0.160. The molecule has 4 heteroatoms. The molecule has 0 radical (unpaired) electrons. The molecule has 0 aliphatic heterocycles. The second kappa shape index (κ2) is 3.96. The molecule has 1 aromatic carbocycles. The zero-order chi connectivity index (χ0) is 10.7. The Morgan fingerprint density at radius 3 is 2.67 bits per heavy atom. The molecule has 1 aromatic heterocycles. The van der Waals surface area contributed by atoms with Crippen molar-refractivity contribution in [3.63, 3.8) is 0 Å². The van der Waals surface area contributed by atoms with E-state index in [0.29, 0.717) is 11.6 Å². The highest BCUT2D eigenvalue weighted by Crippen LogP contribution is 2.22. The average molecular weight is 202 g/mol. The summed E-state index contributed by atoms with van der Waals surface area (Å²) in [5.41, 5.74) is 0.832. The number of ether oxygens (including phenoxy) is 1. The molecule has 0 aliphatic carbocycles. The summed E-state index contributed by atoms with van der Waals surface area (Å²) in [6.07, 6.45) is 0. The van der Waals surface area contributed by atoms with Crippen LogP contribution in [0, 0.1) is 6.92 Å². The van der Waals surface area contributed by atoms with Crippen LogP contribution in [0.2, 0.25) is 0 Å². The SMILES string of the molecule is Cc1ccc(Oc2cccc(O)c2)nn1. The Morgan fingerprint density at radius 2 is 2.00 bits per heavy atom. The minimum Gasteiger partial charge on any atom is -0.508 e. The van der Waals surface area contributed by atoms with Crippen molar-refractivity contribution in [1.29, 1.82) is 0 Å². The maximum Gasteiger partial charge on any atom is 0.238 e. The summed E-state index contributed by atoms with van der Waals surface area (Å²) in [4.78, 5) is 0. The predicted molar refractivity (Wildman–Crippen MR) is 54.9 cm³/mol. The van der Waals surface area contributed by atoms with E-state index in [1.54, 1.807) is 24.3 Å². The number of nitrogens with zero attached hydrogens (tertiary/aromatic N) is 2. The van der Waals surface area contributed by atoms with Crippen LogP contribution in [-0.4, -0.2) is 15.3 Å². The highest BCUT2D eigenvalue weighted by Gasteiger charge is 1.99. The van der Waals surface area contributed by atoms with Crippen molar-refractivity contribution in [2.45, 2.75) is 6.92 Å². The lowest BCUT2D eigenvalue weighted by molar-refractivity contribution is 0.440. The van der Waals surface area contributed by atoms with Crippen molar-refractivity contribution in [3.8, 4) is 17.4 Å². The first kappa shape index (κ1) is 9.45. The highest BCUT2D eigenvalue weighted by molar-refractivity contribution is 5.34. The number of aromatic nitrogens is 2. The lowest BCUT2D eigenvalue weighted by Gasteiger charge is -2.03. The van der Waals surface area contributed by atoms with E-state index in [-0.39, 0.29) is 5.75 Å². The lowest BCUT2D eigenvalue weighted by atomic mass is 10.3. The second-order valence-corrected chi connectivity index (χ2v) is 3.11. The standard InChI is InChI=1S/C11H10N2O2/c1-8-5-6-11(13-12-8)15-10-4-2-3-9(14)7-10/h2-7,14H,1H3. The molecule has 2 aromatic rings. The average Bonchev–Trinajstić information content (AvgIpc) is 2.22. The van der Waals surface area contributed by atoms with E-state index in [2.05, 4.69) is 10.2 Å². The number of benzene rings is 1. The molecular weight excluding hydrogens is 192 g/mol. The minimum atomic E-state index is 0.160. The first-order valence-corrected chi connectivity index (χ1v) is 4.51. The summed E-state index contributed by atoms with van der Waals surface area (Å²) in [5, 5.41) is 16.9. The van der Waals surface area contributed by atoms with Gasteiger partial charge in [-0.2, -0.15) is 5.10 Å². The van der Waals surface area contributed by atoms with E-state index in [4.69, 9.17) is 4.74 Å². The molecule has 0 amide bonds. The van der Waals surface area contributed by atoms with Crippen LogP contribution in [0.4, 0.5) is 0 Å². The number of hydrogen-bond acceptors (Lipinski definition) is 4. The van der Waals surface area contributed by atoms with Crippen molar-refractivity contribution in [2.75, 3.05) is 0 Å². The first-order valence-electron chi connectivity index (χ1n) is 4.51. The van der Waals surface area contributed by atoms with Gasteiger partial charge in [0.15, 0.2) is 0 Å². The van der Waals surface area contributed by atoms with Crippen LogP contribution in [0.25, 0.3) is 0 Å². The van der Waals surface area contributed by atoms with Gasteiger partial charge in [0.2, 0.25) is 5.88 Å². The van der Waals surface area contributed by atoms with Gasteiger partial charge in [0.1, 0.15) is 11.5 Å². The van der Waals surface area contributed by atoms with Crippen LogP contribution >= 0.6 is 0 Å². The fourth-order valence-electron chi connectivity index (χ4n) is 1.11. The molecule has 0 aliphatic rings. The van der Waals surface area contributed by atoms with Crippen LogP contribution in [0.15, 0.2) is 36.4 Å². The summed E-state index contributed by atoms with van der Waals surface area (Å²) < 4.78 is 5.38. The Bertz CT molecular complexity index is 454. The van der Waals surface area contributed by atoms with E-state index >= 15 is 0 Å². The molecule has 4 nitrogen and oxygen atoms in total. The number of aryl methyl sites for hydroxylation is 1. The molecule has 0 spiro atoms. The van der Waals surface area contributed by atoms with E-state index in [9.17, 15) is 5.11 Å². The monoisotopic (exact) mass is 202 g/mol. The molecule has 0 unspecified atom stereocenters. The third kappa shape index (κ3) is 2.43. The van der Waals surface area contributed by atoms with Gasteiger partial charge >= 0.3 is 0 Å². The molecule has 0 atom stereocenters. The van der Waals surface area contributed by atoms with Gasteiger partial charge in [-0.1, -0.05) is 6.07 Å². The maximum absolute atomic E-state index is 9.22. The Kier molecular flexibility index (Phi) is 2.49. The third-order valence-electron chi connectivity index (χ3n) is 1.81. The highest BCUT2D eigenvalue weighted by atomic mass is 16.5. The maximum atomic E-state index is 9.22. The normalized spacial score (nSPS) is 9.93. The van der Waals surface area contributed by atoms with Crippen molar-refractivity contribution < 1.29 is 9.84 Å². The van der Waals surface area contributed by atoms with E-state index in [1.807, 2.05) is 13.0 Å². The van der Waals surface area contributed by atoms with Gasteiger partial charge in [0.25, 0.3) is 0 Å². The fourth-order valence-corrected chi connectivity index (χ4v) is 1.11. The lowest BCUT2D eigenvalue weighted by Crippen LogP contribution is -1.91. The van der Waals surface area contributed by atoms with Gasteiger partial charge in [0.05, 0.1) is 5.69 Å². The van der Waals surface area contributed by atoms with Gasteiger partial charge in [-0.05, 0) is 25.1 Å². The molecule has 0 fully saturated rings. The Labute approximate surface area is 87.2 Å². The van der Waals surface area contributed by atoms with Crippen molar-refractivity contribution in [1.82, 2.24) is 10.2 Å². The topological polar surface area (TPSA) is 55.2 Å². The summed E-state index contributed by atoms with van der Waals surface area (Å²) in [6.45, 7) is 1.85. The number of phenols is 1. The Hall–Kier alpha value is -2.10. The number of rotatable bonds is 2. The van der Waals surface area contributed by atoms with Crippen LogP contribution in [0.5, 0.6) is 17.4 Å². The van der Waals surface area contributed by atoms with E-state index in [0.717, 1.165) is 5.69 Å². The Balaban J connectivity index is 2.18. The third-order valence-corrected chi connectivity index (χ3v) is 1.81. The zero-order valence-corrected chi connectivity index (χ0v) is 8.21. The summed E-state index contributed by atoms with van der Waals surface area (Å²) >= 11 is 0. The largest absolute Gasteiger partial charge is 0.508 e. The summed E-state index contributed by atoms with van der Waals surface area (Å²) in [5.74, 6) is 1.10. The fraction of sp³-hybridized carbons (Fsp3) is 0.0909. The van der Waals surface area contributed by atoms with Gasteiger partial charge in [-0.3, -0.25) is 0 Å². The molecule has 1 N–H and O–H groups in total. The number of phenolic OH excluding ortho intramolecular Hbond substituents is 1. The molecule has 0 saturated heterocycles. The smallest absolute Gasteiger partial charge is 0.238 e. The number of hydrogen-bond donors (Lipinski definition) is 1. The van der Waals surface area contributed by atoms with Crippen molar-refractivity contribution in [3.05, 3.63) is 42.1 Å². The molecule has 0 bridgehead atoms. The molecule has 76 valence electrons.